The molecule has 9 atom stereocenters. The van der Waals surface area contributed by atoms with Gasteiger partial charge in [-0.2, -0.15) is 0 Å². The van der Waals surface area contributed by atoms with Gasteiger partial charge in [0.2, 0.25) is 12.6 Å². The molecule has 0 aromatic heterocycles. The van der Waals surface area contributed by atoms with Gasteiger partial charge in [0.15, 0.2) is 18.3 Å². The first-order valence-electron chi connectivity index (χ1n) is 13.3. The third-order valence-electron chi connectivity index (χ3n) is 7.13. The molecule has 0 radical (unpaired) electrons. The molecule has 234 valence electrons. The third kappa shape index (κ3) is 7.56. The third-order valence-corrected chi connectivity index (χ3v) is 7.13. The molecule has 0 spiro atoms. The molecule has 1 aliphatic carbocycles. The molecule has 15 heteroatoms. The van der Waals surface area contributed by atoms with Crippen LogP contribution < -0.4 is 0 Å². The Hall–Kier alpha value is -3.72. The molecule has 3 rings (SSSR count). The van der Waals surface area contributed by atoms with E-state index in [1.165, 1.54) is 20.3 Å². The summed E-state index contributed by atoms with van der Waals surface area (Å²) in [5.41, 5.74) is -0.952. The van der Waals surface area contributed by atoms with Crippen molar-refractivity contribution in [1.82, 2.24) is 0 Å². The lowest BCUT2D eigenvalue weighted by Crippen LogP contribution is -2.64. The zero-order valence-corrected chi connectivity index (χ0v) is 24.4. The van der Waals surface area contributed by atoms with Gasteiger partial charge in [-0.1, -0.05) is 0 Å². The fourth-order valence-electron chi connectivity index (χ4n) is 5.66. The minimum absolute atomic E-state index is 0.208. The van der Waals surface area contributed by atoms with Gasteiger partial charge in [0, 0.05) is 40.5 Å². The summed E-state index contributed by atoms with van der Waals surface area (Å²) in [4.78, 5) is 72.4. The van der Waals surface area contributed by atoms with E-state index in [-0.39, 0.29) is 5.57 Å². The summed E-state index contributed by atoms with van der Waals surface area (Å²) in [6.45, 7) is 6.92. The van der Waals surface area contributed by atoms with Crippen LogP contribution in [-0.4, -0.2) is 92.1 Å². The van der Waals surface area contributed by atoms with Gasteiger partial charge in [0.25, 0.3) is 0 Å². The van der Waals surface area contributed by atoms with E-state index >= 15 is 0 Å². The Morgan fingerprint density at radius 3 is 1.98 bits per heavy atom. The van der Waals surface area contributed by atoms with Crippen LogP contribution in [0.5, 0.6) is 0 Å². The summed E-state index contributed by atoms with van der Waals surface area (Å²) in [6.07, 6.45) is -6.45. The van der Waals surface area contributed by atoms with Crippen molar-refractivity contribution in [2.24, 2.45) is 11.8 Å². The van der Waals surface area contributed by atoms with Crippen molar-refractivity contribution in [3.05, 3.63) is 11.8 Å². The predicted octanol–water partition coefficient (Wildman–Crippen LogP) is 0.847. The highest BCUT2D eigenvalue weighted by Crippen LogP contribution is 2.51. The monoisotopic (exact) mass is 600 g/mol. The minimum atomic E-state index is -1.55. The van der Waals surface area contributed by atoms with Crippen LogP contribution >= 0.6 is 0 Å². The minimum Gasteiger partial charge on any atom is -0.471 e. The molecule has 0 unspecified atom stereocenters. The molecular formula is C27H36O15. The maximum absolute atomic E-state index is 12.5. The molecule has 1 saturated heterocycles. The van der Waals surface area contributed by atoms with E-state index in [0.717, 1.165) is 27.7 Å². The van der Waals surface area contributed by atoms with Gasteiger partial charge in [0.1, 0.15) is 18.3 Å². The van der Waals surface area contributed by atoms with Gasteiger partial charge < -0.3 is 42.6 Å². The molecule has 3 aliphatic rings. The highest BCUT2D eigenvalue weighted by Gasteiger charge is 2.59. The first-order chi connectivity index (χ1) is 19.7. The lowest BCUT2D eigenvalue weighted by Gasteiger charge is -2.46. The highest BCUT2D eigenvalue weighted by atomic mass is 16.8. The van der Waals surface area contributed by atoms with Gasteiger partial charge in [0.05, 0.1) is 24.9 Å². The summed E-state index contributed by atoms with van der Waals surface area (Å²) < 4.78 is 50.0. The van der Waals surface area contributed by atoms with Crippen LogP contribution in [0.4, 0.5) is 0 Å². The molecule has 2 aliphatic heterocycles. The first kappa shape index (κ1) is 32.8. The Bertz CT molecular complexity index is 1110. The van der Waals surface area contributed by atoms with E-state index in [1.54, 1.807) is 6.92 Å². The summed E-state index contributed by atoms with van der Waals surface area (Å²) in [5.74, 6) is -5.57. The molecule has 0 aromatic rings. The van der Waals surface area contributed by atoms with E-state index in [9.17, 15) is 28.8 Å². The number of methoxy groups -OCH3 is 1. The standard InChI is InChI=1S/C27H36O15/c1-12(28)35-11-19-21(37-13(2)29)22(38-14(3)30)23(39-15(4)31)26(40-19)41-25-20-17(18(10-36-25)24(33)34-7)8-9-27(20,6)42-16(5)32/h10,17,19-23,25-26H,8-9,11H2,1-7H3/t17-,19-,20-,21-,22+,23-,25+,26+,27+/m1/s1. The molecule has 0 bridgehead atoms. The van der Waals surface area contributed by atoms with Crippen LogP contribution in [0.2, 0.25) is 0 Å². The normalized spacial score (nSPS) is 33.5. The predicted molar refractivity (Wildman–Crippen MR) is 134 cm³/mol. The Balaban J connectivity index is 2.05. The Morgan fingerprint density at radius 2 is 1.43 bits per heavy atom. The number of rotatable bonds is 9. The van der Waals surface area contributed by atoms with Gasteiger partial charge in [-0.05, 0) is 19.8 Å². The van der Waals surface area contributed by atoms with Crippen molar-refractivity contribution >= 4 is 35.8 Å². The average molecular weight is 601 g/mol. The maximum Gasteiger partial charge on any atom is 0.337 e. The van der Waals surface area contributed by atoms with Crippen molar-refractivity contribution in [2.75, 3.05) is 13.7 Å². The van der Waals surface area contributed by atoms with Crippen LogP contribution in [0.25, 0.3) is 0 Å². The Labute approximate surface area is 242 Å². The van der Waals surface area contributed by atoms with Crippen LogP contribution in [0, 0.1) is 11.8 Å². The van der Waals surface area contributed by atoms with Gasteiger partial charge in [-0.25, -0.2) is 4.79 Å². The number of hydrogen-bond acceptors (Lipinski definition) is 15. The molecule has 1 saturated carbocycles. The van der Waals surface area contributed by atoms with Crippen LogP contribution in [-0.2, 0) is 71.4 Å². The smallest absolute Gasteiger partial charge is 0.337 e. The summed E-state index contributed by atoms with van der Waals surface area (Å²) in [6, 6.07) is 0. The second-order valence-electron chi connectivity index (χ2n) is 10.4. The second-order valence-corrected chi connectivity index (χ2v) is 10.4. The maximum atomic E-state index is 12.5. The average Bonchev–Trinajstić information content (AvgIpc) is 3.21. The number of carbonyl (C=O) groups excluding carboxylic acids is 6. The van der Waals surface area contributed by atoms with Crippen molar-refractivity contribution in [2.45, 2.75) is 97.0 Å². The van der Waals surface area contributed by atoms with E-state index in [1.807, 2.05) is 0 Å². The molecule has 0 amide bonds. The van der Waals surface area contributed by atoms with Gasteiger partial charge >= 0.3 is 35.8 Å². The zero-order valence-electron chi connectivity index (χ0n) is 24.4. The zero-order chi connectivity index (χ0) is 31.4. The van der Waals surface area contributed by atoms with Crippen molar-refractivity contribution in [3.63, 3.8) is 0 Å². The first-order valence-corrected chi connectivity index (χ1v) is 13.3. The van der Waals surface area contributed by atoms with E-state index in [4.69, 9.17) is 42.6 Å². The SMILES string of the molecule is COC(=O)C1=CO[C@@H](O[C@@H]2O[C@H](COC(C)=O)[C@@H](OC(C)=O)[C@H](OC(C)=O)[C@H]2OC(C)=O)[C@H]2[C@@H]1CC[C@]2(C)OC(C)=O. The molecule has 2 fully saturated rings. The summed E-state index contributed by atoms with van der Waals surface area (Å²) in [7, 11) is 1.22. The van der Waals surface area contributed by atoms with Crippen molar-refractivity contribution < 1.29 is 71.4 Å². The lowest BCUT2D eigenvalue weighted by atomic mass is 9.81. The largest absolute Gasteiger partial charge is 0.471 e. The number of ether oxygens (including phenoxy) is 9. The fourth-order valence-corrected chi connectivity index (χ4v) is 5.66. The summed E-state index contributed by atoms with van der Waals surface area (Å²) in [5, 5.41) is 0. The Morgan fingerprint density at radius 1 is 0.833 bits per heavy atom. The number of fused-ring (bicyclic) bond motifs is 1. The summed E-state index contributed by atoms with van der Waals surface area (Å²) >= 11 is 0. The van der Waals surface area contributed by atoms with Crippen LogP contribution in [0.15, 0.2) is 11.8 Å². The molecule has 15 nitrogen and oxygen atoms in total. The number of esters is 6. The molecule has 0 N–H and O–H groups in total. The van der Waals surface area contributed by atoms with E-state index < -0.39 is 96.9 Å². The van der Waals surface area contributed by atoms with E-state index in [0.29, 0.717) is 12.8 Å². The lowest BCUT2D eigenvalue weighted by molar-refractivity contribution is -0.348. The van der Waals surface area contributed by atoms with Crippen LogP contribution in [0.1, 0.15) is 54.4 Å². The Kier molecular flexibility index (Phi) is 10.5. The molecular weight excluding hydrogens is 564 g/mol. The fraction of sp³-hybridized carbons (Fsp3) is 0.704. The van der Waals surface area contributed by atoms with Gasteiger partial charge in [-0.15, -0.1) is 0 Å². The van der Waals surface area contributed by atoms with Crippen molar-refractivity contribution in [1.29, 1.82) is 0 Å². The number of hydrogen-bond donors (Lipinski definition) is 0. The van der Waals surface area contributed by atoms with E-state index in [2.05, 4.69) is 0 Å². The quantitative estimate of drug-likeness (QED) is 0.268. The second kappa shape index (κ2) is 13.5. The number of carbonyl (C=O) groups is 6. The molecule has 0 aromatic carbocycles. The van der Waals surface area contributed by atoms with Crippen molar-refractivity contribution in [3.8, 4) is 0 Å². The molecule has 42 heavy (non-hydrogen) atoms. The molecule has 2 heterocycles. The van der Waals surface area contributed by atoms with Gasteiger partial charge in [-0.3, -0.25) is 24.0 Å². The van der Waals surface area contributed by atoms with Crippen LogP contribution in [0.3, 0.4) is 0 Å². The highest BCUT2D eigenvalue weighted by molar-refractivity contribution is 5.89. The topological polar surface area (TPSA) is 185 Å².